The molecule has 0 amide bonds. The lowest BCUT2D eigenvalue weighted by atomic mass is 9.97. The maximum Gasteiger partial charge on any atom is 0.344 e. The van der Waals surface area contributed by atoms with Crippen molar-refractivity contribution in [1.82, 2.24) is 14.8 Å². The van der Waals surface area contributed by atoms with Gasteiger partial charge >= 0.3 is 11.7 Å². The number of ether oxygens (including phenoxy) is 1. The minimum Gasteiger partial charge on any atom is -0.468 e. The second-order valence-electron chi connectivity index (χ2n) is 5.49. The topological polar surface area (TPSA) is 103 Å². The van der Waals surface area contributed by atoms with E-state index in [1.54, 1.807) is 11.5 Å². The molecule has 3 N–H and O–H groups in total. The van der Waals surface area contributed by atoms with Crippen LogP contribution in [0.4, 0.5) is 0 Å². The third-order valence-electron chi connectivity index (χ3n) is 3.16. The summed E-state index contributed by atoms with van der Waals surface area (Å²) in [6.45, 7) is 5.56. The Morgan fingerprint density at radius 3 is 2.76 bits per heavy atom. The predicted octanol–water partition coefficient (Wildman–Crippen LogP) is 1.31. The normalized spacial score (nSPS) is 14.2. The van der Waals surface area contributed by atoms with Crippen LogP contribution >= 0.6 is 11.8 Å². The molecule has 0 spiro atoms. The molecular formula is C13H24N4O3S. The van der Waals surface area contributed by atoms with Crippen molar-refractivity contribution >= 4 is 17.7 Å². The number of aromatic amines is 1. The Hall–Kier alpha value is -1.28. The highest BCUT2D eigenvalue weighted by Gasteiger charge is 2.28. The van der Waals surface area contributed by atoms with Gasteiger partial charge < -0.3 is 10.5 Å². The van der Waals surface area contributed by atoms with Crippen LogP contribution in [0.1, 0.15) is 46.1 Å². The third-order valence-corrected chi connectivity index (χ3v) is 4.20. The van der Waals surface area contributed by atoms with E-state index in [-0.39, 0.29) is 11.7 Å². The Labute approximate surface area is 128 Å². The van der Waals surface area contributed by atoms with Crippen molar-refractivity contribution in [2.45, 2.75) is 56.8 Å². The van der Waals surface area contributed by atoms with Gasteiger partial charge in [0.25, 0.3) is 0 Å². The van der Waals surface area contributed by atoms with Gasteiger partial charge in [-0.2, -0.15) is 0 Å². The molecule has 1 heterocycles. The Balaban J connectivity index is 2.39. The number of nitrogens with zero attached hydrogens (tertiary/aromatic N) is 2. The molecule has 1 atom stereocenters. The van der Waals surface area contributed by atoms with Crippen LogP contribution in [-0.2, 0) is 9.53 Å². The van der Waals surface area contributed by atoms with Crippen molar-refractivity contribution in [3.63, 3.8) is 0 Å². The highest BCUT2D eigenvalue weighted by atomic mass is 32.2. The first-order valence-electron chi connectivity index (χ1n) is 6.96. The number of thioether (sulfide) groups is 1. The molecule has 1 aromatic heterocycles. The van der Waals surface area contributed by atoms with Crippen LogP contribution in [0.2, 0.25) is 0 Å². The largest absolute Gasteiger partial charge is 0.468 e. The van der Waals surface area contributed by atoms with Crippen LogP contribution in [0.15, 0.2) is 9.95 Å². The molecule has 0 saturated heterocycles. The summed E-state index contributed by atoms with van der Waals surface area (Å²) in [6, 6.07) is 0.0745. The first kappa shape index (κ1) is 17.8. The molecule has 1 rings (SSSR count). The van der Waals surface area contributed by atoms with E-state index in [9.17, 15) is 9.59 Å². The minimum atomic E-state index is -0.939. The number of carbonyl (C=O) groups is 1. The van der Waals surface area contributed by atoms with Gasteiger partial charge in [-0.1, -0.05) is 18.2 Å². The van der Waals surface area contributed by atoms with Gasteiger partial charge in [-0.05, 0) is 33.6 Å². The van der Waals surface area contributed by atoms with E-state index in [0.717, 1.165) is 18.6 Å². The number of hydrogen-bond donors (Lipinski definition) is 2. The number of carbonyl (C=O) groups excluding carboxylic acids is 1. The molecule has 0 aliphatic carbocycles. The zero-order valence-electron chi connectivity index (χ0n) is 13.0. The molecule has 0 fully saturated rings. The number of nitrogens with two attached hydrogens (primary N) is 1. The number of nitrogens with one attached hydrogen (secondary N) is 1. The zero-order valence-corrected chi connectivity index (χ0v) is 13.8. The molecule has 7 nitrogen and oxygen atoms in total. The van der Waals surface area contributed by atoms with Crippen LogP contribution in [0.5, 0.6) is 0 Å². The van der Waals surface area contributed by atoms with Gasteiger partial charge in [0.2, 0.25) is 0 Å². The molecular weight excluding hydrogens is 292 g/mol. The lowest BCUT2D eigenvalue weighted by Gasteiger charge is -2.20. The highest BCUT2D eigenvalue weighted by molar-refractivity contribution is 7.99. The summed E-state index contributed by atoms with van der Waals surface area (Å²) in [4.78, 5) is 23.0. The summed E-state index contributed by atoms with van der Waals surface area (Å²) >= 11 is 1.52. The van der Waals surface area contributed by atoms with Gasteiger partial charge in [0.05, 0.1) is 7.11 Å². The highest BCUT2D eigenvalue weighted by Crippen LogP contribution is 2.20. The van der Waals surface area contributed by atoms with Gasteiger partial charge in [0.15, 0.2) is 5.16 Å². The molecule has 0 radical (unpaired) electrons. The summed E-state index contributed by atoms with van der Waals surface area (Å²) in [5, 5.41) is 7.17. The van der Waals surface area contributed by atoms with Crippen LogP contribution in [0.25, 0.3) is 0 Å². The van der Waals surface area contributed by atoms with Gasteiger partial charge in [-0.25, -0.2) is 9.89 Å². The minimum absolute atomic E-state index is 0.0745. The van der Waals surface area contributed by atoms with Crippen molar-refractivity contribution in [2.75, 3.05) is 12.9 Å². The Bertz CT molecular complexity index is 522. The van der Waals surface area contributed by atoms with Crippen LogP contribution in [-0.4, -0.2) is 39.1 Å². The van der Waals surface area contributed by atoms with E-state index in [1.807, 2.05) is 13.8 Å². The van der Waals surface area contributed by atoms with Crippen LogP contribution < -0.4 is 11.4 Å². The zero-order chi connectivity index (χ0) is 16.0. The standard InChI is InChI=1S/C13H24N4O3S/c1-9(2)17-11(19)15-16-12(17)21-8-6-5-7-13(3,14)10(18)20-4/h9H,5-8,14H2,1-4H3,(H,15,19). The Kier molecular flexibility index (Phi) is 6.47. The van der Waals surface area contributed by atoms with Crippen molar-refractivity contribution in [3.05, 3.63) is 10.5 Å². The number of esters is 1. The van der Waals surface area contributed by atoms with Crippen LogP contribution in [0, 0.1) is 0 Å². The van der Waals surface area contributed by atoms with E-state index in [4.69, 9.17) is 5.73 Å². The smallest absolute Gasteiger partial charge is 0.344 e. The molecule has 0 aromatic carbocycles. The molecule has 1 aromatic rings. The first-order chi connectivity index (χ1) is 9.79. The molecule has 0 saturated carbocycles. The fourth-order valence-corrected chi connectivity index (χ4v) is 3.01. The molecule has 8 heteroatoms. The van der Waals surface area contributed by atoms with Crippen molar-refractivity contribution in [2.24, 2.45) is 5.73 Å². The first-order valence-corrected chi connectivity index (χ1v) is 7.95. The predicted molar refractivity (Wildman–Crippen MR) is 82.4 cm³/mol. The maximum atomic E-state index is 11.6. The van der Waals surface area contributed by atoms with Crippen molar-refractivity contribution < 1.29 is 9.53 Å². The summed E-state index contributed by atoms with van der Waals surface area (Å²) in [5.74, 6) is 0.421. The van der Waals surface area contributed by atoms with Crippen molar-refractivity contribution in [3.8, 4) is 0 Å². The van der Waals surface area contributed by atoms with E-state index >= 15 is 0 Å². The van der Waals surface area contributed by atoms with E-state index < -0.39 is 11.5 Å². The molecule has 0 bridgehead atoms. The SMILES string of the molecule is COC(=O)C(C)(N)CCCCSc1n[nH]c(=O)n1C(C)C. The fraction of sp³-hybridized carbons (Fsp3) is 0.769. The third kappa shape index (κ3) is 4.89. The average Bonchev–Trinajstić information content (AvgIpc) is 2.78. The molecule has 120 valence electrons. The number of unbranched alkanes of at least 4 members (excludes halogenated alkanes) is 1. The lowest BCUT2D eigenvalue weighted by molar-refractivity contribution is -0.146. The maximum absolute atomic E-state index is 11.6. The van der Waals surface area contributed by atoms with Gasteiger partial charge in [-0.15, -0.1) is 5.10 Å². The van der Waals surface area contributed by atoms with Gasteiger partial charge in [-0.3, -0.25) is 9.36 Å². The van der Waals surface area contributed by atoms with E-state index in [2.05, 4.69) is 14.9 Å². The molecule has 21 heavy (non-hydrogen) atoms. The van der Waals surface area contributed by atoms with Gasteiger partial charge in [0, 0.05) is 11.8 Å². The molecule has 0 aliphatic rings. The molecule has 0 aliphatic heterocycles. The van der Waals surface area contributed by atoms with Gasteiger partial charge in [0.1, 0.15) is 5.54 Å². The summed E-state index contributed by atoms with van der Waals surface area (Å²) < 4.78 is 6.30. The second kappa shape index (κ2) is 7.65. The number of H-pyrrole nitrogens is 1. The number of methoxy groups -OCH3 is 1. The summed E-state index contributed by atoms with van der Waals surface area (Å²) in [6.07, 6.45) is 2.26. The van der Waals surface area contributed by atoms with E-state index in [0.29, 0.717) is 11.6 Å². The quantitative estimate of drug-likeness (QED) is 0.426. The number of rotatable bonds is 8. The van der Waals surface area contributed by atoms with Crippen molar-refractivity contribution in [1.29, 1.82) is 0 Å². The van der Waals surface area contributed by atoms with Crippen LogP contribution in [0.3, 0.4) is 0 Å². The Morgan fingerprint density at radius 2 is 2.19 bits per heavy atom. The molecule has 1 unspecified atom stereocenters. The summed E-state index contributed by atoms with van der Waals surface area (Å²) in [7, 11) is 1.34. The number of hydrogen-bond acceptors (Lipinski definition) is 6. The Morgan fingerprint density at radius 1 is 1.52 bits per heavy atom. The lowest BCUT2D eigenvalue weighted by Crippen LogP contribution is -2.45. The number of aromatic nitrogens is 3. The average molecular weight is 316 g/mol. The fourth-order valence-electron chi connectivity index (χ4n) is 1.94. The monoisotopic (exact) mass is 316 g/mol. The van der Waals surface area contributed by atoms with E-state index in [1.165, 1.54) is 18.9 Å². The second-order valence-corrected chi connectivity index (χ2v) is 6.55. The summed E-state index contributed by atoms with van der Waals surface area (Å²) in [5.41, 5.74) is 4.76.